The number of fused-ring (bicyclic) bond motifs is 1. The van der Waals surface area contributed by atoms with E-state index in [1.807, 2.05) is 25.1 Å². The molecule has 0 saturated heterocycles. The lowest BCUT2D eigenvalue weighted by atomic mass is 10.1. The van der Waals surface area contributed by atoms with Crippen LogP contribution in [0.4, 0.5) is 17.1 Å². The van der Waals surface area contributed by atoms with Crippen molar-refractivity contribution in [2.45, 2.75) is 26.9 Å². The number of pyridine rings is 2. The van der Waals surface area contributed by atoms with Gasteiger partial charge in [0.2, 0.25) is 5.91 Å². The van der Waals surface area contributed by atoms with Gasteiger partial charge in [-0.2, -0.15) is 5.26 Å². The predicted octanol–water partition coefficient (Wildman–Crippen LogP) is 6.22. The van der Waals surface area contributed by atoms with Crippen LogP contribution in [-0.2, 0) is 11.4 Å². The third kappa shape index (κ3) is 5.65. The molecule has 0 saturated carbocycles. The zero-order valence-corrected chi connectivity index (χ0v) is 20.6. The lowest BCUT2D eigenvalue weighted by Gasteiger charge is -2.16. The van der Waals surface area contributed by atoms with Crippen LogP contribution in [0.2, 0.25) is 5.02 Å². The third-order valence-electron chi connectivity index (χ3n) is 5.29. The van der Waals surface area contributed by atoms with E-state index >= 15 is 0 Å². The Morgan fingerprint density at radius 2 is 1.94 bits per heavy atom. The van der Waals surface area contributed by atoms with Gasteiger partial charge < -0.3 is 20.1 Å². The van der Waals surface area contributed by atoms with Crippen molar-refractivity contribution >= 4 is 45.5 Å². The van der Waals surface area contributed by atoms with Crippen molar-refractivity contribution in [3.63, 3.8) is 0 Å². The summed E-state index contributed by atoms with van der Waals surface area (Å²) in [4.78, 5) is 20.8. The van der Waals surface area contributed by atoms with Gasteiger partial charge in [0.1, 0.15) is 24.2 Å². The molecule has 0 radical (unpaired) electrons. The molecule has 2 heterocycles. The van der Waals surface area contributed by atoms with Crippen LogP contribution in [0.3, 0.4) is 0 Å². The van der Waals surface area contributed by atoms with E-state index in [0.717, 1.165) is 5.69 Å². The van der Waals surface area contributed by atoms with E-state index in [-0.39, 0.29) is 12.5 Å². The number of aromatic nitrogens is 2. The number of halogens is 1. The maximum Gasteiger partial charge on any atom is 0.224 e. The molecule has 0 aliphatic rings. The molecule has 0 spiro atoms. The van der Waals surface area contributed by atoms with Crippen molar-refractivity contribution in [2.75, 3.05) is 17.2 Å². The Hall–Kier alpha value is -4.35. The summed E-state index contributed by atoms with van der Waals surface area (Å²) in [6.07, 6.45) is 3.52. The lowest BCUT2D eigenvalue weighted by Crippen LogP contribution is -2.11. The molecule has 182 valence electrons. The highest BCUT2D eigenvalue weighted by Gasteiger charge is 2.16. The minimum absolute atomic E-state index is 0.151. The quantitative estimate of drug-likeness (QED) is 0.280. The molecule has 4 rings (SSSR count). The van der Waals surface area contributed by atoms with Crippen molar-refractivity contribution in [3.05, 3.63) is 77.2 Å². The summed E-state index contributed by atoms with van der Waals surface area (Å²) < 4.78 is 11.5. The summed E-state index contributed by atoms with van der Waals surface area (Å²) in [7, 11) is 0. The van der Waals surface area contributed by atoms with Crippen molar-refractivity contribution in [2.24, 2.45) is 0 Å². The summed E-state index contributed by atoms with van der Waals surface area (Å²) in [5, 5.41) is 17.0. The number of carbonyl (C=O) groups is 1. The van der Waals surface area contributed by atoms with Gasteiger partial charge in [0.15, 0.2) is 0 Å². The average Bonchev–Trinajstić information content (AvgIpc) is 2.89. The van der Waals surface area contributed by atoms with Crippen molar-refractivity contribution in [3.8, 4) is 17.6 Å². The second-order valence-corrected chi connectivity index (χ2v) is 8.15. The molecular formula is C27H24ClN5O3. The molecule has 0 aliphatic heterocycles. The van der Waals surface area contributed by atoms with Crippen molar-refractivity contribution in [1.82, 2.24) is 9.97 Å². The molecule has 0 bridgehead atoms. The number of nitriles is 1. The predicted molar refractivity (Wildman–Crippen MR) is 140 cm³/mol. The van der Waals surface area contributed by atoms with Gasteiger partial charge in [-0.25, -0.2) is 0 Å². The zero-order chi connectivity index (χ0) is 25.5. The summed E-state index contributed by atoms with van der Waals surface area (Å²) in [6, 6.07) is 16.6. The number of anilines is 3. The molecule has 0 fully saturated rings. The molecule has 2 N–H and O–H groups in total. The monoisotopic (exact) mass is 501 g/mol. The highest BCUT2D eigenvalue weighted by molar-refractivity contribution is 6.32. The molecule has 2 aromatic heterocycles. The highest BCUT2D eigenvalue weighted by Crippen LogP contribution is 2.37. The van der Waals surface area contributed by atoms with Gasteiger partial charge in [-0.3, -0.25) is 14.8 Å². The Labute approximate surface area is 213 Å². The van der Waals surface area contributed by atoms with Crippen molar-refractivity contribution < 1.29 is 14.3 Å². The summed E-state index contributed by atoms with van der Waals surface area (Å²) in [6.45, 7) is 4.35. The average molecular weight is 502 g/mol. The van der Waals surface area contributed by atoms with Crippen LogP contribution >= 0.6 is 11.6 Å². The Balaban J connectivity index is 1.67. The van der Waals surface area contributed by atoms with E-state index in [0.29, 0.717) is 63.1 Å². The summed E-state index contributed by atoms with van der Waals surface area (Å²) in [5.74, 6) is 0.869. The topological polar surface area (TPSA) is 109 Å². The molecule has 0 unspecified atom stereocenters. The first kappa shape index (κ1) is 24.8. The number of hydrogen-bond acceptors (Lipinski definition) is 7. The normalized spacial score (nSPS) is 10.5. The molecule has 0 aliphatic carbocycles. The van der Waals surface area contributed by atoms with Crippen LogP contribution in [-0.4, -0.2) is 22.5 Å². The lowest BCUT2D eigenvalue weighted by molar-refractivity contribution is -0.115. The number of carbonyl (C=O) groups excluding carboxylic acids is 1. The van der Waals surface area contributed by atoms with Crippen LogP contribution in [0.15, 0.2) is 60.9 Å². The molecule has 36 heavy (non-hydrogen) atoms. The Kier molecular flexibility index (Phi) is 7.83. The first-order chi connectivity index (χ1) is 17.5. The molecule has 8 nitrogen and oxygen atoms in total. The zero-order valence-electron chi connectivity index (χ0n) is 19.8. The molecule has 9 heteroatoms. The standard InChI is InChI=1S/C27H24ClN5O3/c1-3-26(34)33-23-12-20-22(13-25(23)35-4-2)31-15-17(14-29)27(20)32-18-8-9-24(21(28)11-18)36-16-19-7-5-6-10-30-19/h5-13,15H,3-4,16H2,1-2H3,(H,31,32)(H,33,34). The molecule has 0 atom stereocenters. The molecule has 2 aromatic carbocycles. The Morgan fingerprint density at radius 1 is 1.08 bits per heavy atom. The fourth-order valence-electron chi connectivity index (χ4n) is 3.53. The maximum absolute atomic E-state index is 12.1. The number of nitrogens with one attached hydrogen (secondary N) is 2. The molecule has 4 aromatic rings. The number of amides is 1. The second kappa shape index (κ2) is 11.4. The van der Waals surface area contributed by atoms with Gasteiger partial charge in [0.05, 0.1) is 39.8 Å². The number of nitrogens with zero attached hydrogens (tertiary/aromatic N) is 3. The van der Waals surface area contributed by atoms with Crippen LogP contribution in [0.5, 0.6) is 11.5 Å². The van der Waals surface area contributed by atoms with Crippen LogP contribution in [0, 0.1) is 11.3 Å². The highest BCUT2D eigenvalue weighted by atomic mass is 35.5. The SMILES string of the molecule is CCOc1cc2ncc(C#N)c(Nc3ccc(OCc4ccccn4)c(Cl)c3)c2cc1NC(=O)CC. The molecule has 1 amide bonds. The van der Waals surface area contributed by atoms with E-state index in [1.54, 1.807) is 43.5 Å². The van der Waals surface area contributed by atoms with Crippen LogP contribution in [0.1, 0.15) is 31.5 Å². The summed E-state index contributed by atoms with van der Waals surface area (Å²) in [5.41, 5.74) is 3.43. The smallest absolute Gasteiger partial charge is 0.224 e. The number of rotatable bonds is 9. The fraction of sp³-hybridized carbons (Fsp3) is 0.185. The van der Waals surface area contributed by atoms with E-state index in [1.165, 1.54) is 6.20 Å². The van der Waals surface area contributed by atoms with Gasteiger partial charge in [0.25, 0.3) is 0 Å². The van der Waals surface area contributed by atoms with Gasteiger partial charge in [0, 0.05) is 36.0 Å². The van der Waals surface area contributed by atoms with Gasteiger partial charge in [-0.1, -0.05) is 24.6 Å². The third-order valence-corrected chi connectivity index (χ3v) is 5.58. The maximum atomic E-state index is 12.1. The Bertz CT molecular complexity index is 1440. The first-order valence-corrected chi connectivity index (χ1v) is 11.8. The van der Waals surface area contributed by atoms with Crippen molar-refractivity contribution in [1.29, 1.82) is 5.26 Å². The molecular weight excluding hydrogens is 478 g/mol. The number of ether oxygens (including phenoxy) is 2. The second-order valence-electron chi connectivity index (χ2n) is 7.74. The van der Waals surface area contributed by atoms with E-state index in [2.05, 4.69) is 26.7 Å². The van der Waals surface area contributed by atoms with E-state index in [4.69, 9.17) is 21.1 Å². The van der Waals surface area contributed by atoms with Gasteiger partial charge >= 0.3 is 0 Å². The Morgan fingerprint density at radius 3 is 2.64 bits per heavy atom. The first-order valence-electron chi connectivity index (χ1n) is 11.4. The van der Waals surface area contributed by atoms with Gasteiger partial charge in [-0.15, -0.1) is 0 Å². The van der Waals surface area contributed by atoms with Gasteiger partial charge in [-0.05, 0) is 43.3 Å². The van der Waals surface area contributed by atoms with E-state index < -0.39 is 0 Å². The van der Waals surface area contributed by atoms with Crippen LogP contribution in [0.25, 0.3) is 10.9 Å². The van der Waals surface area contributed by atoms with Crippen LogP contribution < -0.4 is 20.1 Å². The minimum atomic E-state index is -0.151. The largest absolute Gasteiger partial charge is 0.492 e. The summed E-state index contributed by atoms with van der Waals surface area (Å²) >= 11 is 6.48. The number of benzene rings is 2. The van der Waals surface area contributed by atoms with E-state index in [9.17, 15) is 10.1 Å². The fourth-order valence-corrected chi connectivity index (χ4v) is 3.76. The minimum Gasteiger partial charge on any atom is -0.492 e. The number of hydrogen-bond donors (Lipinski definition) is 2.